The molecule has 3 heteroatoms. The maximum absolute atomic E-state index is 11.0. The number of nitrogens with one attached hydrogen (secondary N) is 1. The monoisotopic (exact) mass is 187 g/mol. The fourth-order valence-corrected chi connectivity index (χ4v) is 1.29. The van der Waals surface area contributed by atoms with Crippen LogP contribution in [0.1, 0.15) is 40.0 Å². The van der Waals surface area contributed by atoms with Gasteiger partial charge >= 0.3 is 0 Å². The molecule has 0 aromatic heterocycles. The molecule has 0 heterocycles. The third-order valence-corrected chi connectivity index (χ3v) is 2.03. The van der Waals surface area contributed by atoms with E-state index < -0.39 is 0 Å². The van der Waals surface area contributed by atoms with Gasteiger partial charge in [0.15, 0.2) is 0 Å². The van der Waals surface area contributed by atoms with E-state index >= 15 is 0 Å². The van der Waals surface area contributed by atoms with Crippen molar-refractivity contribution in [3.63, 3.8) is 0 Å². The van der Waals surface area contributed by atoms with E-state index in [2.05, 4.69) is 26.1 Å². The van der Waals surface area contributed by atoms with Crippen LogP contribution in [0.15, 0.2) is 0 Å². The van der Waals surface area contributed by atoms with E-state index in [1.807, 2.05) is 0 Å². The van der Waals surface area contributed by atoms with Gasteiger partial charge in [-0.1, -0.05) is 27.2 Å². The van der Waals surface area contributed by atoms with Crippen LogP contribution in [0.4, 0.5) is 0 Å². The zero-order valence-corrected chi connectivity index (χ0v) is 8.89. The van der Waals surface area contributed by atoms with Gasteiger partial charge in [0, 0.05) is 13.0 Å². The van der Waals surface area contributed by atoms with E-state index in [1.54, 1.807) is 0 Å². The summed E-state index contributed by atoms with van der Waals surface area (Å²) in [4.78, 5) is 11.0. The number of hydrogen-bond acceptors (Lipinski definition) is 2. The largest absolute Gasteiger partial charge is 0.396 e. The molecule has 0 radical (unpaired) electrons. The van der Waals surface area contributed by atoms with Crippen molar-refractivity contribution in [2.75, 3.05) is 13.2 Å². The first-order chi connectivity index (χ1) is 6.02. The highest BCUT2D eigenvalue weighted by Gasteiger charge is 2.16. The molecule has 0 saturated carbocycles. The molecule has 0 fully saturated rings. The third kappa shape index (κ3) is 6.58. The van der Waals surface area contributed by atoms with Crippen molar-refractivity contribution in [3.8, 4) is 0 Å². The molecule has 0 rings (SSSR count). The average Bonchev–Trinajstić information content (AvgIpc) is 2.02. The molecule has 0 aliphatic carbocycles. The normalized spacial score (nSPS) is 11.4. The van der Waals surface area contributed by atoms with Crippen LogP contribution < -0.4 is 5.32 Å². The van der Waals surface area contributed by atoms with E-state index in [-0.39, 0.29) is 24.3 Å². The number of carbonyl (C=O) groups is 1. The van der Waals surface area contributed by atoms with Gasteiger partial charge in [-0.25, -0.2) is 0 Å². The summed E-state index contributed by atoms with van der Waals surface area (Å²) < 4.78 is 0. The molecule has 0 aromatic rings. The lowest BCUT2D eigenvalue weighted by Crippen LogP contribution is -2.34. The lowest BCUT2D eigenvalue weighted by atomic mass is 9.88. The lowest BCUT2D eigenvalue weighted by Gasteiger charge is -2.24. The Balaban J connectivity index is 3.67. The summed E-state index contributed by atoms with van der Waals surface area (Å²) in [6.07, 6.45) is 2.44. The Bertz CT molecular complexity index is 155. The fourth-order valence-electron chi connectivity index (χ4n) is 1.29. The van der Waals surface area contributed by atoms with Gasteiger partial charge in [-0.05, 0) is 11.8 Å². The topological polar surface area (TPSA) is 49.3 Å². The second-order valence-electron chi connectivity index (χ2n) is 4.16. The van der Waals surface area contributed by atoms with Gasteiger partial charge in [0.25, 0.3) is 0 Å². The van der Waals surface area contributed by atoms with Crippen molar-refractivity contribution in [2.24, 2.45) is 5.41 Å². The summed E-state index contributed by atoms with van der Waals surface area (Å²) in [5, 5.41) is 11.3. The second kappa shape index (κ2) is 5.97. The predicted molar refractivity (Wildman–Crippen MR) is 53.4 cm³/mol. The predicted octanol–water partition coefficient (Wildman–Crippen LogP) is 1.31. The van der Waals surface area contributed by atoms with Crippen molar-refractivity contribution in [1.29, 1.82) is 0 Å². The smallest absolute Gasteiger partial charge is 0.222 e. The number of aliphatic hydroxyl groups is 1. The van der Waals surface area contributed by atoms with Crippen molar-refractivity contribution >= 4 is 5.91 Å². The van der Waals surface area contributed by atoms with Crippen LogP contribution in [-0.2, 0) is 4.79 Å². The molecule has 3 nitrogen and oxygen atoms in total. The number of carbonyl (C=O) groups excluding carboxylic acids is 1. The fraction of sp³-hybridized carbons (Fsp3) is 0.900. The van der Waals surface area contributed by atoms with E-state index in [0.29, 0.717) is 6.54 Å². The molecular weight excluding hydrogens is 166 g/mol. The lowest BCUT2D eigenvalue weighted by molar-refractivity contribution is -0.122. The summed E-state index contributed by atoms with van der Waals surface area (Å²) in [6, 6.07) is 0. The van der Waals surface area contributed by atoms with Crippen LogP contribution in [-0.4, -0.2) is 24.2 Å². The molecule has 1 amide bonds. The quantitative estimate of drug-likeness (QED) is 0.658. The molecule has 0 bridgehead atoms. The van der Waals surface area contributed by atoms with Crippen molar-refractivity contribution in [1.82, 2.24) is 5.32 Å². The Labute approximate surface area is 80.5 Å². The first kappa shape index (κ1) is 12.4. The molecule has 0 saturated heterocycles. The number of amides is 1. The minimum Gasteiger partial charge on any atom is -0.396 e. The number of aliphatic hydroxyl groups excluding tert-OH is 1. The molecule has 0 spiro atoms. The highest BCUT2D eigenvalue weighted by molar-refractivity contribution is 5.75. The molecule has 0 unspecified atom stereocenters. The van der Waals surface area contributed by atoms with E-state index in [9.17, 15) is 4.79 Å². The molecule has 0 aliphatic heterocycles. The Morgan fingerprint density at radius 1 is 1.46 bits per heavy atom. The van der Waals surface area contributed by atoms with E-state index in [0.717, 1.165) is 12.8 Å². The first-order valence-corrected chi connectivity index (χ1v) is 4.89. The van der Waals surface area contributed by atoms with Crippen molar-refractivity contribution in [3.05, 3.63) is 0 Å². The highest BCUT2D eigenvalue weighted by Crippen LogP contribution is 2.20. The maximum atomic E-state index is 11.0. The summed E-state index contributed by atoms with van der Waals surface area (Å²) in [6.45, 7) is 7.03. The molecule has 0 aliphatic rings. The van der Waals surface area contributed by atoms with Crippen molar-refractivity contribution in [2.45, 2.75) is 40.0 Å². The van der Waals surface area contributed by atoms with Crippen LogP contribution in [0.2, 0.25) is 0 Å². The first-order valence-electron chi connectivity index (χ1n) is 4.89. The van der Waals surface area contributed by atoms with Gasteiger partial charge in [0.2, 0.25) is 5.91 Å². The van der Waals surface area contributed by atoms with Crippen LogP contribution >= 0.6 is 0 Å². The van der Waals surface area contributed by atoms with Gasteiger partial charge in [0.05, 0.1) is 6.61 Å². The summed E-state index contributed by atoms with van der Waals surface area (Å²) >= 11 is 0. The summed E-state index contributed by atoms with van der Waals surface area (Å²) in [7, 11) is 0. The molecule has 0 aromatic carbocycles. The zero-order valence-electron chi connectivity index (χ0n) is 8.89. The van der Waals surface area contributed by atoms with Crippen molar-refractivity contribution < 1.29 is 9.90 Å². The van der Waals surface area contributed by atoms with Crippen LogP contribution in [0.5, 0.6) is 0 Å². The molecular formula is C10H21NO2. The van der Waals surface area contributed by atoms with Crippen LogP contribution in [0.25, 0.3) is 0 Å². The average molecular weight is 187 g/mol. The zero-order chi connectivity index (χ0) is 10.3. The summed E-state index contributed by atoms with van der Waals surface area (Å²) in [5.74, 6) is -0.0633. The van der Waals surface area contributed by atoms with Crippen LogP contribution in [0, 0.1) is 5.41 Å². The van der Waals surface area contributed by atoms with E-state index in [4.69, 9.17) is 5.11 Å². The Morgan fingerprint density at radius 3 is 2.54 bits per heavy atom. The standard InChI is InChI=1S/C10H21NO2/c1-4-6-10(2,3)8-11-9(13)5-7-12/h12H,4-8H2,1-3H3,(H,11,13). The van der Waals surface area contributed by atoms with Gasteiger partial charge in [-0.3, -0.25) is 4.79 Å². The Kier molecular flexibility index (Phi) is 5.71. The molecule has 2 N–H and O–H groups in total. The number of rotatable bonds is 6. The molecule has 0 atom stereocenters. The molecule has 13 heavy (non-hydrogen) atoms. The Hall–Kier alpha value is -0.570. The minimum absolute atomic E-state index is 0.0633. The minimum atomic E-state index is -0.0694. The molecule has 78 valence electrons. The Morgan fingerprint density at radius 2 is 2.08 bits per heavy atom. The van der Waals surface area contributed by atoms with Gasteiger partial charge in [-0.2, -0.15) is 0 Å². The highest BCUT2D eigenvalue weighted by atomic mass is 16.3. The van der Waals surface area contributed by atoms with Gasteiger partial charge in [0.1, 0.15) is 0 Å². The maximum Gasteiger partial charge on any atom is 0.222 e. The number of hydrogen-bond donors (Lipinski definition) is 2. The van der Waals surface area contributed by atoms with Gasteiger partial charge < -0.3 is 10.4 Å². The van der Waals surface area contributed by atoms with Crippen LogP contribution in [0.3, 0.4) is 0 Å². The van der Waals surface area contributed by atoms with E-state index in [1.165, 1.54) is 0 Å². The summed E-state index contributed by atoms with van der Waals surface area (Å²) in [5.41, 5.74) is 0.167. The third-order valence-electron chi connectivity index (χ3n) is 2.03. The second-order valence-corrected chi connectivity index (χ2v) is 4.16. The van der Waals surface area contributed by atoms with Gasteiger partial charge in [-0.15, -0.1) is 0 Å². The SMILES string of the molecule is CCCC(C)(C)CNC(=O)CCO.